The highest BCUT2D eigenvalue weighted by molar-refractivity contribution is 7.10. The quantitative estimate of drug-likeness (QED) is 0.686. The molecule has 0 saturated heterocycles. The lowest BCUT2D eigenvalue weighted by Gasteiger charge is -2.35. The van der Waals surface area contributed by atoms with Gasteiger partial charge < -0.3 is 11.1 Å². The highest BCUT2D eigenvalue weighted by Gasteiger charge is 2.33. The van der Waals surface area contributed by atoms with Gasteiger partial charge in [-0.2, -0.15) is 0 Å². The summed E-state index contributed by atoms with van der Waals surface area (Å²) in [7, 11) is 0. The van der Waals surface area contributed by atoms with E-state index in [1.165, 1.54) is 16.0 Å². The standard InChI is InChI=1S/C22H29N3OS.2ClH/c23-13-17-7-4-8-19(17)22(26)24-14-20(16-5-2-1-3-6-16)25-11-9-21-18(15-25)10-12-27-21;;/h1-3,5-6,10,12,17,19-20H,4,7-9,11,13-15,23H2,(H,24,26);2*1H/t17-,19-,20?;;/m1../s1. The van der Waals surface area contributed by atoms with Crippen molar-refractivity contribution in [1.82, 2.24) is 10.2 Å². The molecule has 29 heavy (non-hydrogen) atoms. The first-order valence-corrected chi connectivity index (χ1v) is 11.0. The Morgan fingerprint density at radius 1 is 1.21 bits per heavy atom. The Bertz CT molecular complexity index is 770. The predicted octanol–water partition coefficient (Wildman–Crippen LogP) is 4.18. The van der Waals surface area contributed by atoms with Crippen molar-refractivity contribution in [2.75, 3.05) is 19.6 Å². The number of fused-ring (bicyclic) bond motifs is 1. The van der Waals surface area contributed by atoms with Gasteiger partial charge in [0, 0.05) is 30.4 Å². The average molecular weight is 456 g/mol. The molecule has 1 fully saturated rings. The number of nitrogens with two attached hydrogens (primary N) is 1. The highest BCUT2D eigenvalue weighted by Crippen LogP contribution is 2.32. The van der Waals surface area contributed by atoms with E-state index in [0.29, 0.717) is 19.0 Å². The molecule has 1 saturated carbocycles. The van der Waals surface area contributed by atoms with E-state index in [4.69, 9.17) is 5.73 Å². The Morgan fingerprint density at radius 3 is 2.76 bits per heavy atom. The van der Waals surface area contributed by atoms with E-state index in [1.807, 2.05) is 11.3 Å². The first kappa shape index (κ1) is 24.2. The lowest BCUT2D eigenvalue weighted by molar-refractivity contribution is -0.126. The Hall–Kier alpha value is -1.11. The largest absolute Gasteiger partial charge is 0.354 e. The zero-order valence-corrected chi connectivity index (χ0v) is 19.0. The van der Waals surface area contributed by atoms with Crippen LogP contribution < -0.4 is 11.1 Å². The minimum atomic E-state index is 0. The number of thiophene rings is 1. The molecule has 1 aliphatic carbocycles. The summed E-state index contributed by atoms with van der Waals surface area (Å²) in [6.07, 6.45) is 4.28. The van der Waals surface area contributed by atoms with Crippen LogP contribution in [0.15, 0.2) is 41.8 Å². The van der Waals surface area contributed by atoms with E-state index in [0.717, 1.165) is 38.8 Å². The fraction of sp³-hybridized carbons (Fsp3) is 0.500. The molecule has 1 aromatic carbocycles. The number of carbonyl (C=O) groups is 1. The van der Waals surface area contributed by atoms with Crippen molar-refractivity contribution < 1.29 is 4.79 Å². The van der Waals surface area contributed by atoms with Crippen LogP contribution in [0.25, 0.3) is 0 Å². The third kappa shape index (κ3) is 5.53. The molecule has 4 rings (SSSR count). The molecule has 4 nitrogen and oxygen atoms in total. The van der Waals surface area contributed by atoms with Gasteiger partial charge in [0.25, 0.3) is 0 Å². The van der Waals surface area contributed by atoms with Gasteiger partial charge in [-0.1, -0.05) is 36.8 Å². The molecule has 3 N–H and O–H groups in total. The average Bonchev–Trinajstić information content (AvgIpc) is 3.37. The number of hydrogen-bond acceptors (Lipinski definition) is 4. The first-order valence-electron chi connectivity index (χ1n) is 10.1. The smallest absolute Gasteiger partial charge is 0.223 e. The molecule has 2 heterocycles. The summed E-state index contributed by atoms with van der Waals surface area (Å²) in [6.45, 7) is 3.28. The van der Waals surface area contributed by atoms with Gasteiger partial charge >= 0.3 is 0 Å². The van der Waals surface area contributed by atoms with Crippen LogP contribution in [0.2, 0.25) is 0 Å². The molecule has 1 unspecified atom stereocenters. The summed E-state index contributed by atoms with van der Waals surface area (Å²) in [5, 5.41) is 5.46. The summed E-state index contributed by atoms with van der Waals surface area (Å²) in [6, 6.07) is 13.0. The number of nitrogens with one attached hydrogen (secondary N) is 1. The summed E-state index contributed by atoms with van der Waals surface area (Å²) in [5.74, 6) is 0.636. The second kappa shape index (κ2) is 11.3. The Morgan fingerprint density at radius 2 is 2.00 bits per heavy atom. The number of rotatable bonds is 6. The van der Waals surface area contributed by atoms with Crippen LogP contribution in [-0.4, -0.2) is 30.4 Å². The van der Waals surface area contributed by atoms with Crippen molar-refractivity contribution in [2.24, 2.45) is 17.6 Å². The molecule has 0 bridgehead atoms. The topological polar surface area (TPSA) is 58.4 Å². The molecule has 1 aromatic heterocycles. The number of benzene rings is 1. The fourth-order valence-electron chi connectivity index (χ4n) is 4.66. The third-order valence-corrected chi connectivity index (χ3v) is 7.25. The van der Waals surface area contributed by atoms with E-state index < -0.39 is 0 Å². The van der Waals surface area contributed by atoms with Gasteiger partial charge in [0.05, 0.1) is 6.04 Å². The Balaban J connectivity index is 0.00000150. The fourth-order valence-corrected chi connectivity index (χ4v) is 5.55. The predicted molar refractivity (Wildman–Crippen MR) is 125 cm³/mol. The van der Waals surface area contributed by atoms with Gasteiger partial charge in [0.1, 0.15) is 0 Å². The van der Waals surface area contributed by atoms with Gasteiger partial charge in [-0.3, -0.25) is 9.69 Å². The lowest BCUT2D eigenvalue weighted by Crippen LogP contribution is -2.42. The van der Waals surface area contributed by atoms with Crippen molar-refractivity contribution in [3.05, 3.63) is 57.8 Å². The zero-order chi connectivity index (χ0) is 18.6. The van der Waals surface area contributed by atoms with Crippen LogP contribution in [0.5, 0.6) is 0 Å². The molecule has 0 radical (unpaired) electrons. The van der Waals surface area contributed by atoms with E-state index in [-0.39, 0.29) is 42.7 Å². The van der Waals surface area contributed by atoms with Crippen LogP contribution in [0.3, 0.4) is 0 Å². The monoisotopic (exact) mass is 455 g/mol. The van der Waals surface area contributed by atoms with Crippen molar-refractivity contribution in [1.29, 1.82) is 0 Å². The van der Waals surface area contributed by atoms with Crippen LogP contribution in [0, 0.1) is 11.8 Å². The maximum absolute atomic E-state index is 12.8. The van der Waals surface area contributed by atoms with E-state index in [9.17, 15) is 4.79 Å². The second-order valence-electron chi connectivity index (χ2n) is 7.79. The normalized spacial score (nSPS) is 22.1. The van der Waals surface area contributed by atoms with Gasteiger partial charge in [-0.15, -0.1) is 36.2 Å². The van der Waals surface area contributed by atoms with E-state index >= 15 is 0 Å². The Kier molecular flexibility index (Phi) is 9.44. The van der Waals surface area contributed by atoms with Gasteiger partial charge in [-0.05, 0) is 54.3 Å². The molecule has 2 aromatic rings. The number of nitrogens with zero attached hydrogens (tertiary/aromatic N) is 1. The maximum atomic E-state index is 12.8. The van der Waals surface area contributed by atoms with E-state index in [1.54, 1.807) is 0 Å². The third-order valence-electron chi connectivity index (χ3n) is 6.23. The zero-order valence-electron chi connectivity index (χ0n) is 16.6. The van der Waals surface area contributed by atoms with Crippen LogP contribution in [-0.2, 0) is 17.8 Å². The van der Waals surface area contributed by atoms with Gasteiger partial charge in [0.15, 0.2) is 0 Å². The molecule has 7 heteroatoms. The first-order chi connectivity index (χ1) is 13.3. The molecule has 2 aliphatic rings. The molecule has 160 valence electrons. The minimum absolute atomic E-state index is 0. The summed E-state index contributed by atoms with van der Waals surface area (Å²) < 4.78 is 0. The van der Waals surface area contributed by atoms with Gasteiger partial charge in [-0.25, -0.2) is 0 Å². The molecule has 0 spiro atoms. The van der Waals surface area contributed by atoms with Crippen molar-refractivity contribution in [3.8, 4) is 0 Å². The van der Waals surface area contributed by atoms with E-state index in [2.05, 4.69) is 52.0 Å². The molecular weight excluding hydrogens is 425 g/mol. The van der Waals surface area contributed by atoms with Crippen molar-refractivity contribution in [3.63, 3.8) is 0 Å². The van der Waals surface area contributed by atoms with Crippen molar-refractivity contribution in [2.45, 2.75) is 38.3 Å². The highest BCUT2D eigenvalue weighted by atomic mass is 35.5. The summed E-state index contributed by atoms with van der Waals surface area (Å²) in [4.78, 5) is 16.8. The lowest BCUT2D eigenvalue weighted by atomic mass is 9.95. The number of halogens is 2. The molecule has 3 atom stereocenters. The Labute approximate surface area is 190 Å². The summed E-state index contributed by atoms with van der Waals surface area (Å²) >= 11 is 1.86. The maximum Gasteiger partial charge on any atom is 0.223 e. The SMILES string of the molecule is Cl.Cl.NC[C@H]1CCC[C@H]1C(=O)NCC(c1ccccc1)N1CCc2sccc2C1. The van der Waals surface area contributed by atoms with Crippen LogP contribution in [0.1, 0.15) is 41.3 Å². The van der Waals surface area contributed by atoms with Crippen molar-refractivity contribution >= 4 is 42.1 Å². The number of carbonyl (C=O) groups excluding carboxylic acids is 1. The number of hydrogen-bond donors (Lipinski definition) is 2. The summed E-state index contributed by atoms with van der Waals surface area (Å²) in [5.41, 5.74) is 8.59. The minimum Gasteiger partial charge on any atom is -0.354 e. The number of amides is 1. The second-order valence-corrected chi connectivity index (χ2v) is 8.79. The van der Waals surface area contributed by atoms with Crippen LogP contribution in [0.4, 0.5) is 0 Å². The molecule has 1 aliphatic heterocycles. The molecular formula is C22H31Cl2N3OS. The molecule has 1 amide bonds. The van der Waals surface area contributed by atoms with Crippen LogP contribution >= 0.6 is 36.2 Å². The van der Waals surface area contributed by atoms with Gasteiger partial charge in [0.2, 0.25) is 5.91 Å².